The Morgan fingerprint density at radius 1 is 0.750 bits per heavy atom. The number of hydrogen-bond acceptors (Lipinski definition) is 1. The molecule has 0 amide bonds. The summed E-state index contributed by atoms with van der Waals surface area (Å²) in [6.45, 7) is 4.85. The van der Waals surface area contributed by atoms with Crippen LogP contribution in [0.3, 0.4) is 0 Å². The molecule has 2 atom stereocenters. The van der Waals surface area contributed by atoms with Gasteiger partial charge >= 0.3 is 0 Å². The minimum Gasteiger partial charge on any atom is -0.388 e. The van der Waals surface area contributed by atoms with Crippen molar-refractivity contribution in [3.8, 4) is 0 Å². The van der Waals surface area contributed by atoms with Crippen LogP contribution >= 0.6 is 11.6 Å². The number of hydrogen-bond donors (Lipinski definition) is 1. The first-order chi connectivity index (χ1) is 11.4. The van der Waals surface area contributed by atoms with Gasteiger partial charge in [-0.2, -0.15) is 0 Å². The number of rotatable bonds is 17. The van der Waals surface area contributed by atoms with Gasteiger partial charge in [-0.3, -0.25) is 0 Å². The molecule has 0 saturated heterocycles. The van der Waals surface area contributed by atoms with E-state index >= 15 is 0 Å². The number of aliphatic hydroxyl groups excluding tert-OH is 1. The number of nitrogens with zero attached hydrogens (tertiary/aromatic N) is 1. The van der Waals surface area contributed by atoms with Gasteiger partial charge in [0, 0.05) is 6.42 Å². The number of unbranched alkanes of at least 4 members (excludes halogenated alkanes) is 12. The van der Waals surface area contributed by atoms with E-state index in [9.17, 15) is 5.11 Å². The predicted molar refractivity (Wildman–Crippen MR) is 109 cm³/mol. The molecule has 0 spiro atoms. The summed E-state index contributed by atoms with van der Waals surface area (Å²) >= 11 is 6.52. The van der Waals surface area contributed by atoms with Crippen LogP contribution in [0.15, 0.2) is 0 Å². The van der Waals surface area contributed by atoms with Crippen LogP contribution in [0.1, 0.15) is 104 Å². The Labute approximate surface area is 157 Å². The lowest BCUT2D eigenvalue weighted by molar-refractivity contribution is -0.905. The van der Waals surface area contributed by atoms with Crippen molar-refractivity contribution in [2.75, 3.05) is 20.6 Å². The number of halogens is 1. The zero-order valence-electron chi connectivity index (χ0n) is 17.0. The second-order valence-corrected chi connectivity index (χ2v) is 8.78. The molecular weight excluding hydrogens is 318 g/mol. The fourth-order valence-corrected chi connectivity index (χ4v) is 3.71. The fraction of sp³-hybridized carbons (Fsp3) is 1.00. The smallest absolute Gasteiger partial charge is 0.164 e. The van der Waals surface area contributed by atoms with E-state index in [2.05, 4.69) is 21.0 Å². The molecule has 0 aromatic carbocycles. The van der Waals surface area contributed by atoms with Crippen molar-refractivity contribution in [1.82, 2.24) is 0 Å². The average Bonchev–Trinajstić information content (AvgIpc) is 2.50. The molecule has 24 heavy (non-hydrogen) atoms. The second-order valence-electron chi connectivity index (χ2n) is 8.28. The molecule has 0 aliphatic carbocycles. The summed E-state index contributed by atoms with van der Waals surface area (Å²) in [7, 11) is 4.24. The number of aliphatic hydroxyl groups is 1. The molecule has 0 radical (unpaired) electrons. The lowest BCUT2D eigenvalue weighted by atomic mass is 10.0. The molecule has 0 fully saturated rings. The molecule has 146 valence electrons. The Kier molecular flexibility index (Phi) is 15.6. The third-order valence-electron chi connectivity index (χ3n) is 5.04. The van der Waals surface area contributed by atoms with Gasteiger partial charge in [0.1, 0.15) is 12.6 Å². The van der Waals surface area contributed by atoms with Crippen molar-refractivity contribution in [1.29, 1.82) is 0 Å². The van der Waals surface area contributed by atoms with Gasteiger partial charge in [0.25, 0.3) is 0 Å². The first-order valence-corrected chi connectivity index (χ1v) is 11.0. The molecule has 0 aromatic heterocycles. The maximum Gasteiger partial charge on any atom is 0.164 e. The van der Waals surface area contributed by atoms with Gasteiger partial charge in [-0.05, 0) is 13.3 Å². The van der Waals surface area contributed by atoms with Crippen LogP contribution in [-0.4, -0.2) is 41.8 Å². The minimum atomic E-state index is -0.284. The lowest BCUT2D eigenvalue weighted by Gasteiger charge is -2.35. The monoisotopic (exact) mass is 362 g/mol. The lowest BCUT2D eigenvalue weighted by Crippen LogP contribution is -2.49. The van der Waals surface area contributed by atoms with E-state index in [0.717, 1.165) is 13.0 Å². The quantitative estimate of drug-likeness (QED) is 0.136. The van der Waals surface area contributed by atoms with Gasteiger partial charge in [-0.15, -0.1) is 0 Å². The molecule has 0 bridgehead atoms. The zero-order chi connectivity index (χ0) is 18.3. The van der Waals surface area contributed by atoms with Gasteiger partial charge in [0.15, 0.2) is 5.50 Å². The van der Waals surface area contributed by atoms with E-state index in [1.54, 1.807) is 0 Å². The molecule has 0 aliphatic rings. The van der Waals surface area contributed by atoms with Crippen molar-refractivity contribution < 1.29 is 9.59 Å². The molecular formula is C21H45ClNO+. The van der Waals surface area contributed by atoms with Gasteiger partial charge in [0.2, 0.25) is 0 Å². The van der Waals surface area contributed by atoms with Crippen LogP contribution in [0.5, 0.6) is 0 Å². The molecule has 2 unspecified atom stereocenters. The second kappa shape index (κ2) is 15.5. The molecule has 1 N–H and O–H groups in total. The molecule has 0 rings (SSSR count). The topological polar surface area (TPSA) is 20.2 Å². The van der Waals surface area contributed by atoms with Crippen LogP contribution < -0.4 is 0 Å². The van der Waals surface area contributed by atoms with Crippen LogP contribution in [-0.2, 0) is 0 Å². The first kappa shape index (κ1) is 24.2. The van der Waals surface area contributed by atoms with Crippen molar-refractivity contribution in [2.24, 2.45) is 0 Å². The standard InChI is InChI=1S/C21H45ClNO/c1-5-6-7-8-9-10-11-12-13-14-15-16-17-18-21(22)23(3,4)19-20(2)24/h20-21,24H,5-19H2,1-4H3/q+1. The van der Waals surface area contributed by atoms with Gasteiger partial charge < -0.3 is 9.59 Å². The summed E-state index contributed by atoms with van der Waals surface area (Å²) < 4.78 is 0.706. The highest BCUT2D eigenvalue weighted by molar-refractivity contribution is 6.19. The van der Waals surface area contributed by atoms with Crippen molar-refractivity contribution in [2.45, 2.75) is 115 Å². The average molecular weight is 363 g/mol. The van der Waals surface area contributed by atoms with Crippen molar-refractivity contribution >= 4 is 11.6 Å². The van der Waals surface area contributed by atoms with E-state index in [4.69, 9.17) is 11.6 Å². The largest absolute Gasteiger partial charge is 0.388 e. The summed E-state index contributed by atoms with van der Waals surface area (Å²) in [6, 6.07) is 0. The molecule has 0 heterocycles. The van der Waals surface area contributed by atoms with Crippen molar-refractivity contribution in [3.05, 3.63) is 0 Å². The highest BCUT2D eigenvalue weighted by Crippen LogP contribution is 2.20. The molecule has 0 saturated carbocycles. The molecule has 0 aliphatic heterocycles. The Hall–Kier alpha value is 0.210. The Morgan fingerprint density at radius 3 is 1.50 bits per heavy atom. The Bertz CT molecular complexity index is 269. The van der Waals surface area contributed by atoms with Gasteiger partial charge in [-0.1, -0.05) is 95.6 Å². The predicted octanol–water partition coefficient (Wildman–Crippen LogP) is 6.49. The zero-order valence-corrected chi connectivity index (χ0v) is 17.8. The normalized spacial score (nSPS) is 14.8. The first-order valence-electron chi connectivity index (χ1n) is 10.5. The summed E-state index contributed by atoms with van der Waals surface area (Å²) in [4.78, 5) is 0. The SMILES string of the molecule is CCCCCCCCCCCCCCCC(Cl)[N+](C)(C)CC(C)O. The van der Waals surface area contributed by atoms with Gasteiger partial charge in [-0.25, -0.2) is 0 Å². The van der Waals surface area contributed by atoms with Crippen LogP contribution in [0.4, 0.5) is 0 Å². The van der Waals surface area contributed by atoms with Gasteiger partial charge in [0.05, 0.1) is 14.1 Å². The highest BCUT2D eigenvalue weighted by atomic mass is 35.5. The van der Waals surface area contributed by atoms with E-state index in [-0.39, 0.29) is 11.6 Å². The van der Waals surface area contributed by atoms with Crippen LogP contribution in [0, 0.1) is 0 Å². The summed E-state index contributed by atoms with van der Waals surface area (Å²) in [5, 5.41) is 9.55. The summed E-state index contributed by atoms with van der Waals surface area (Å²) in [5.41, 5.74) is 0.118. The molecule has 0 aromatic rings. The maximum absolute atomic E-state index is 9.55. The summed E-state index contributed by atoms with van der Waals surface area (Å²) in [6.07, 6.45) is 18.8. The Balaban J connectivity index is 3.36. The minimum absolute atomic E-state index is 0.118. The van der Waals surface area contributed by atoms with E-state index < -0.39 is 0 Å². The summed E-state index contributed by atoms with van der Waals surface area (Å²) in [5.74, 6) is 0. The highest BCUT2D eigenvalue weighted by Gasteiger charge is 2.26. The molecule has 3 heteroatoms. The number of quaternary nitrogens is 1. The van der Waals surface area contributed by atoms with Crippen molar-refractivity contribution in [3.63, 3.8) is 0 Å². The van der Waals surface area contributed by atoms with E-state index in [1.165, 1.54) is 83.5 Å². The van der Waals surface area contributed by atoms with Crippen LogP contribution in [0.25, 0.3) is 0 Å². The number of likely N-dealkylation sites (N-methyl/N-ethyl adjacent to an activating group) is 1. The third kappa shape index (κ3) is 14.5. The van der Waals surface area contributed by atoms with Crippen LogP contribution in [0.2, 0.25) is 0 Å². The van der Waals surface area contributed by atoms with E-state index in [0.29, 0.717) is 4.48 Å². The third-order valence-corrected chi connectivity index (χ3v) is 5.79. The molecule has 2 nitrogen and oxygen atoms in total. The fourth-order valence-electron chi connectivity index (χ4n) is 3.48. The maximum atomic E-state index is 9.55. The van der Waals surface area contributed by atoms with E-state index in [1.807, 2.05) is 6.92 Å². The number of alkyl halides is 1. The Morgan fingerprint density at radius 2 is 1.12 bits per heavy atom.